The highest BCUT2D eigenvalue weighted by Gasteiger charge is 2.17. The summed E-state index contributed by atoms with van der Waals surface area (Å²) in [5.74, 6) is 0.475. The summed E-state index contributed by atoms with van der Waals surface area (Å²) in [5, 5.41) is 12.4. The Kier molecular flexibility index (Phi) is 4.72. The van der Waals surface area contributed by atoms with Gasteiger partial charge in [-0.1, -0.05) is 19.9 Å². The largest absolute Gasteiger partial charge is 0.395 e. The van der Waals surface area contributed by atoms with Gasteiger partial charge in [0.15, 0.2) is 0 Å². The molecule has 0 bridgehead atoms. The summed E-state index contributed by atoms with van der Waals surface area (Å²) in [5.41, 5.74) is 1.17. The number of hydrogen-bond acceptors (Lipinski definition) is 3. The third-order valence-corrected chi connectivity index (χ3v) is 2.45. The van der Waals surface area contributed by atoms with Crippen molar-refractivity contribution in [3.8, 4) is 0 Å². The zero-order chi connectivity index (χ0) is 11.3. The van der Waals surface area contributed by atoms with Crippen molar-refractivity contribution in [2.45, 2.75) is 32.9 Å². The van der Waals surface area contributed by atoms with Crippen LogP contribution >= 0.6 is 0 Å². The summed E-state index contributed by atoms with van der Waals surface area (Å²) in [6, 6.07) is 4.36. The van der Waals surface area contributed by atoms with E-state index in [1.807, 2.05) is 19.2 Å². The molecule has 84 valence electrons. The van der Waals surface area contributed by atoms with Gasteiger partial charge in [0.25, 0.3) is 0 Å². The molecule has 1 aromatic rings. The van der Waals surface area contributed by atoms with Crippen LogP contribution in [0.4, 0.5) is 0 Å². The van der Waals surface area contributed by atoms with E-state index < -0.39 is 0 Å². The summed E-state index contributed by atoms with van der Waals surface area (Å²) in [6.07, 6.45) is 3.65. The van der Waals surface area contributed by atoms with Gasteiger partial charge in [-0.15, -0.1) is 0 Å². The molecule has 1 aromatic heterocycles. The van der Waals surface area contributed by atoms with Crippen LogP contribution in [0.15, 0.2) is 24.5 Å². The minimum absolute atomic E-state index is 0.109. The second-order valence-corrected chi connectivity index (χ2v) is 4.26. The first kappa shape index (κ1) is 12.1. The fourth-order valence-electron chi connectivity index (χ4n) is 1.59. The number of nitrogens with one attached hydrogen (secondary N) is 1. The SMILES string of the molecule is CC(C)C(N[C@@H](C)CO)c1cccnc1. The van der Waals surface area contributed by atoms with Crippen molar-refractivity contribution in [1.29, 1.82) is 0 Å². The predicted octanol–water partition coefficient (Wildman–Crippen LogP) is 1.75. The Bertz CT molecular complexity index is 274. The van der Waals surface area contributed by atoms with Crippen LogP contribution in [0.25, 0.3) is 0 Å². The fraction of sp³-hybridized carbons (Fsp3) is 0.583. The molecule has 0 aliphatic heterocycles. The van der Waals surface area contributed by atoms with E-state index in [0.717, 1.165) is 0 Å². The lowest BCUT2D eigenvalue weighted by Gasteiger charge is -2.25. The van der Waals surface area contributed by atoms with Gasteiger partial charge in [0, 0.05) is 24.5 Å². The molecule has 0 spiro atoms. The van der Waals surface area contributed by atoms with E-state index in [4.69, 9.17) is 5.11 Å². The number of aliphatic hydroxyl groups excluding tert-OH is 1. The molecule has 1 heterocycles. The molecule has 1 unspecified atom stereocenters. The van der Waals surface area contributed by atoms with E-state index in [0.29, 0.717) is 5.92 Å². The van der Waals surface area contributed by atoms with Crippen LogP contribution in [0.2, 0.25) is 0 Å². The molecule has 0 aromatic carbocycles. The molecule has 0 radical (unpaired) electrons. The van der Waals surface area contributed by atoms with E-state index in [9.17, 15) is 0 Å². The molecular weight excluding hydrogens is 188 g/mol. The van der Waals surface area contributed by atoms with Crippen molar-refractivity contribution < 1.29 is 5.11 Å². The van der Waals surface area contributed by atoms with Crippen LogP contribution in [0.3, 0.4) is 0 Å². The monoisotopic (exact) mass is 208 g/mol. The minimum Gasteiger partial charge on any atom is -0.395 e. The molecule has 0 saturated heterocycles. The van der Waals surface area contributed by atoms with Gasteiger partial charge in [0.05, 0.1) is 6.61 Å². The maximum atomic E-state index is 9.03. The van der Waals surface area contributed by atoms with Crippen LogP contribution in [0, 0.1) is 5.92 Å². The number of aliphatic hydroxyl groups is 1. The standard InChI is InChI=1S/C12H20N2O/c1-9(2)12(14-10(3)8-15)11-5-4-6-13-7-11/h4-7,9-10,12,14-15H,8H2,1-3H3/t10-,12?/m0/s1. The quantitative estimate of drug-likeness (QED) is 0.775. The molecule has 0 saturated carbocycles. The summed E-state index contributed by atoms with van der Waals surface area (Å²) >= 11 is 0. The van der Waals surface area contributed by atoms with Crippen molar-refractivity contribution in [1.82, 2.24) is 10.3 Å². The highest BCUT2D eigenvalue weighted by atomic mass is 16.3. The molecule has 2 N–H and O–H groups in total. The predicted molar refractivity (Wildman–Crippen MR) is 61.5 cm³/mol. The van der Waals surface area contributed by atoms with Crippen molar-refractivity contribution in [3.05, 3.63) is 30.1 Å². The molecule has 0 amide bonds. The first-order chi connectivity index (χ1) is 7.15. The Labute approximate surface area is 91.5 Å². The van der Waals surface area contributed by atoms with Crippen molar-refractivity contribution in [2.75, 3.05) is 6.61 Å². The molecule has 3 heteroatoms. The van der Waals surface area contributed by atoms with Gasteiger partial charge in [0.2, 0.25) is 0 Å². The second kappa shape index (κ2) is 5.83. The Morgan fingerprint density at radius 3 is 2.60 bits per heavy atom. The fourth-order valence-corrected chi connectivity index (χ4v) is 1.59. The van der Waals surface area contributed by atoms with Gasteiger partial charge in [0.1, 0.15) is 0 Å². The zero-order valence-electron chi connectivity index (χ0n) is 9.64. The lowest BCUT2D eigenvalue weighted by atomic mass is 9.97. The average molecular weight is 208 g/mol. The highest BCUT2D eigenvalue weighted by molar-refractivity contribution is 5.14. The summed E-state index contributed by atoms with van der Waals surface area (Å²) in [7, 11) is 0. The van der Waals surface area contributed by atoms with Gasteiger partial charge < -0.3 is 10.4 Å². The minimum atomic E-state index is 0.109. The molecule has 0 aliphatic carbocycles. The van der Waals surface area contributed by atoms with Crippen molar-refractivity contribution in [2.24, 2.45) is 5.92 Å². The third-order valence-electron chi connectivity index (χ3n) is 2.45. The molecule has 1 rings (SSSR count). The van der Waals surface area contributed by atoms with E-state index in [1.54, 1.807) is 6.20 Å². The number of rotatable bonds is 5. The first-order valence-electron chi connectivity index (χ1n) is 5.42. The van der Waals surface area contributed by atoms with Crippen LogP contribution in [-0.4, -0.2) is 22.7 Å². The van der Waals surface area contributed by atoms with Gasteiger partial charge >= 0.3 is 0 Å². The zero-order valence-corrected chi connectivity index (χ0v) is 9.64. The Morgan fingerprint density at radius 1 is 1.40 bits per heavy atom. The van der Waals surface area contributed by atoms with E-state index in [1.165, 1.54) is 5.56 Å². The molecule has 3 nitrogen and oxygen atoms in total. The number of aromatic nitrogens is 1. The summed E-state index contributed by atoms with van der Waals surface area (Å²) in [6.45, 7) is 6.46. The second-order valence-electron chi connectivity index (χ2n) is 4.26. The van der Waals surface area contributed by atoms with Crippen LogP contribution in [0.1, 0.15) is 32.4 Å². The Balaban J connectivity index is 2.75. The molecule has 0 fully saturated rings. The van der Waals surface area contributed by atoms with Crippen molar-refractivity contribution in [3.63, 3.8) is 0 Å². The normalized spacial score (nSPS) is 15.3. The molecule has 15 heavy (non-hydrogen) atoms. The molecular formula is C12H20N2O. The molecule has 2 atom stereocenters. The van der Waals surface area contributed by atoms with Gasteiger partial charge in [-0.2, -0.15) is 0 Å². The number of hydrogen-bond donors (Lipinski definition) is 2. The van der Waals surface area contributed by atoms with E-state index in [2.05, 4.69) is 30.2 Å². The number of nitrogens with zero attached hydrogens (tertiary/aromatic N) is 1. The van der Waals surface area contributed by atoms with Crippen molar-refractivity contribution >= 4 is 0 Å². The van der Waals surface area contributed by atoms with E-state index >= 15 is 0 Å². The lowest BCUT2D eigenvalue weighted by Crippen LogP contribution is -2.35. The average Bonchev–Trinajstić information content (AvgIpc) is 2.26. The lowest BCUT2D eigenvalue weighted by molar-refractivity contribution is 0.229. The van der Waals surface area contributed by atoms with Crippen LogP contribution in [-0.2, 0) is 0 Å². The maximum absolute atomic E-state index is 9.03. The van der Waals surface area contributed by atoms with E-state index in [-0.39, 0.29) is 18.7 Å². The van der Waals surface area contributed by atoms with Crippen LogP contribution in [0.5, 0.6) is 0 Å². The summed E-state index contributed by atoms with van der Waals surface area (Å²) < 4.78 is 0. The maximum Gasteiger partial charge on any atom is 0.0582 e. The smallest absolute Gasteiger partial charge is 0.0582 e. The third kappa shape index (κ3) is 3.61. The van der Waals surface area contributed by atoms with Gasteiger partial charge in [-0.05, 0) is 24.5 Å². The Morgan fingerprint density at radius 2 is 2.13 bits per heavy atom. The first-order valence-corrected chi connectivity index (χ1v) is 5.42. The van der Waals surface area contributed by atoms with Crippen LogP contribution < -0.4 is 5.32 Å². The molecule has 0 aliphatic rings. The van der Waals surface area contributed by atoms with Gasteiger partial charge in [-0.3, -0.25) is 4.98 Å². The number of pyridine rings is 1. The highest BCUT2D eigenvalue weighted by Crippen LogP contribution is 2.20. The van der Waals surface area contributed by atoms with Gasteiger partial charge in [-0.25, -0.2) is 0 Å². The summed E-state index contributed by atoms with van der Waals surface area (Å²) in [4.78, 5) is 4.12. The Hall–Kier alpha value is -0.930. The topological polar surface area (TPSA) is 45.1 Å².